The number of nitrogens with one attached hydrogen (secondary N) is 2. The van der Waals surface area contributed by atoms with Gasteiger partial charge in [0, 0.05) is 54.5 Å². The molecular formula is C23H29N5O. The Hall–Kier alpha value is -2.89. The van der Waals surface area contributed by atoms with Gasteiger partial charge in [0.1, 0.15) is 0 Å². The molecule has 29 heavy (non-hydrogen) atoms. The van der Waals surface area contributed by atoms with Gasteiger partial charge in [-0.1, -0.05) is 18.2 Å². The molecule has 1 amide bonds. The third-order valence-electron chi connectivity index (χ3n) is 5.92. The van der Waals surface area contributed by atoms with E-state index in [1.807, 2.05) is 24.5 Å². The molecule has 2 N–H and O–H groups in total. The van der Waals surface area contributed by atoms with Crippen LogP contribution in [0.5, 0.6) is 0 Å². The molecule has 0 saturated heterocycles. The molecule has 4 rings (SSSR count). The van der Waals surface area contributed by atoms with Gasteiger partial charge in [-0.25, -0.2) is 9.97 Å². The predicted molar refractivity (Wildman–Crippen MR) is 116 cm³/mol. The van der Waals surface area contributed by atoms with E-state index >= 15 is 0 Å². The number of H-pyrrole nitrogens is 1. The van der Waals surface area contributed by atoms with Crippen LogP contribution in [-0.4, -0.2) is 40.5 Å². The van der Waals surface area contributed by atoms with Gasteiger partial charge in [-0.2, -0.15) is 0 Å². The minimum atomic E-state index is 0.00775. The number of aromatic nitrogens is 3. The number of fused-ring (bicyclic) bond motifs is 2. The number of aryl methyl sites for hydroxylation is 1. The average molecular weight is 392 g/mol. The van der Waals surface area contributed by atoms with Gasteiger partial charge in [0.2, 0.25) is 11.9 Å². The normalized spacial score (nSPS) is 15.9. The monoisotopic (exact) mass is 391 g/mol. The van der Waals surface area contributed by atoms with Crippen LogP contribution >= 0.6 is 0 Å². The zero-order valence-corrected chi connectivity index (χ0v) is 17.2. The third-order valence-corrected chi connectivity index (χ3v) is 5.92. The van der Waals surface area contributed by atoms with E-state index in [1.165, 1.54) is 10.9 Å². The molecule has 6 nitrogen and oxygen atoms in total. The van der Waals surface area contributed by atoms with Gasteiger partial charge < -0.3 is 15.2 Å². The second-order valence-electron chi connectivity index (χ2n) is 7.65. The quantitative estimate of drug-likeness (QED) is 0.648. The van der Waals surface area contributed by atoms with Crippen LogP contribution in [0.1, 0.15) is 37.1 Å². The number of aromatic amines is 1. The highest BCUT2D eigenvalue weighted by atomic mass is 16.1. The van der Waals surface area contributed by atoms with Crippen LogP contribution in [0.15, 0.2) is 36.7 Å². The van der Waals surface area contributed by atoms with E-state index in [0.717, 1.165) is 61.5 Å². The second-order valence-corrected chi connectivity index (χ2v) is 7.65. The molecular weight excluding hydrogens is 362 g/mol. The first-order valence-electron chi connectivity index (χ1n) is 10.6. The minimum absolute atomic E-state index is 0.00775. The molecule has 6 heteroatoms. The second kappa shape index (κ2) is 8.64. The highest BCUT2D eigenvalue weighted by molar-refractivity contribution is 5.83. The number of nitrogens with zero attached hydrogens (tertiary/aromatic N) is 3. The number of carbonyl (C=O) groups is 1. The Morgan fingerprint density at radius 1 is 1.28 bits per heavy atom. The number of benzene rings is 1. The molecule has 0 saturated carbocycles. The summed E-state index contributed by atoms with van der Waals surface area (Å²) in [5, 5.41) is 4.36. The van der Waals surface area contributed by atoms with E-state index in [0.29, 0.717) is 6.54 Å². The van der Waals surface area contributed by atoms with E-state index in [4.69, 9.17) is 4.98 Å². The van der Waals surface area contributed by atoms with Crippen LogP contribution in [-0.2, 0) is 24.1 Å². The van der Waals surface area contributed by atoms with Gasteiger partial charge in [-0.05, 0) is 56.7 Å². The average Bonchev–Trinajstić information content (AvgIpc) is 3.17. The summed E-state index contributed by atoms with van der Waals surface area (Å²) in [5.74, 6) is 0.951. The Balaban J connectivity index is 1.33. The van der Waals surface area contributed by atoms with Crippen molar-refractivity contribution in [1.29, 1.82) is 0 Å². The van der Waals surface area contributed by atoms with Gasteiger partial charge in [-0.15, -0.1) is 0 Å². The first kappa shape index (κ1) is 19.4. The van der Waals surface area contributed by atoms with E-state index < -0.39 is 0 Å². The first-order chi connectivity index (χ1) is 14.2. The number of amides is 1. The fraction of sp³-hybridized carbons (Fsp3) is 0.435. The van der Waals surface area contributed by atoms with E-state index in [9.17, 15) is 4.79 Å². The zero-order valence-electron chi connectivity index (χ0n) is 17.2. The topological polar surface area (TPSA) is 73.9 Å². The zero-order chi connectivity index (χ0) is 20.2. The molecule has 0 radical (unpaired) electrons. The van der Waals surface area contributed by atoms with Crippen molar-refractivity contribution < 1.29 is 4.79 Å². The Labute approximate surface area is 171 Å². The highest BCUT2D eigenvalue weighted by Crippen LogP contribution is 2.25. The molecule has 152 valence electrons. The van der Waals surface area contributed by atoms with Crippen molar-refractivity contribution in [2.45, 2.75) is 39.5 Å². The van der Waals surface area contributed by atoms with Crippen molar-refractivity contribution in [2.24, 2.45) is 5.92 Å². The lowest BCUT2D eigenvalue weighted by molar-refractivity contribution is -0.125. The van der Waals surface area contributed by atoms with Crippen molar-refractivity contribution >= 4 is 22.8 Å². The van der Waals surface area contributed by atoms with Crippen molar-refractivity contribution in [2.75, 3.05) is 24.5 Å². The number of hydrogen-bond acceptors (Lipinski definition) is 4. The lowest BCUT2D eigenvalue weighted by Gasteiger charge is -2.25. The van der Waals surface area contributed by atoms with Crippen LogP contribution in [0.2, 0.25) is 0 Å². The van der Waals surface area contributed by atoms with Crippen LogP contribution in [0.4, 0.5) is 5.95 Å². The van der Waals surface area contributed by atoms with Gasteiger partial charge in [0.05, 0.1) is 0 Å². The molecule has 1 aliphatic rings. The molecule has 0 fully saturated rings. The maximum absolute atomic E-state index is 12.7. The number of carbonyl (C=O) groups excluding carboxylic acids is 1. The number of para-hydroxylation sites is 1. The summed E-state index contributed by atoms with van der Waals surface area (Å²) < 4.78 is 0. The van der Waals surface area contributed by atoms with E-state index in [-0.39, 0.29) is 11.8 Å². The number of anilines is 1. The van der Waals surface area contributed by atoms with E-state index in [1.54, 1.807) is 0 Å². The Morgan fingerprint density at radius 2 is 2.10 bits per heavy atom. The lowest BCUT2D eigenvalue weighted by atomic mass is 9.86. The van der Waals surface area contributed by atoms with Crippen LogP contribution in [0.25, 0.3) is 10.9 Å². The Morgan fingerprint density at radius 3 is 2.93 bits per heavy atom. The summed E-state index contributed by atoms with van der Waals surface area (Å²) in [4.78, 5) is 27.4. The van der Waals surface area contributed by atoms with E-state index in [2.05, 4.69) is 46.2 Å². The molecule has 0 unspecified atom stereocenters. The highest BCUT2D eigenvalue weighted by Gasteiger charge is 2.26. The molecule has 1 aromatic carbocycles. The molecule has 1 atom stereocenters. The maximum atomic E-state index is 12.7. The largest absolute Gasteiger partial charge is 0.361 e. The summed E-state index contributed by atoms with van der Waals surface area (Å²) in [6.07, 6.45) is 7.20. The molecule has 3 aromatic rings. The standard InChI is InChI=1S/C23H29N5O/c1-3-28(4-2)23-26-15-18-13-16(9-10-20(18)27-23)22(29)24-12-11-17-14-25-21-8-6-5-7-19(17)21/h5-8,14-16,25H,3-4,9-13H2,1-2H3,(H,24,29)/t16-/m0/s1. The molecule has 2 heterocycles. The SMILES string of the molecule is CCN(CC)c1ncc2c(n1)CC[C@H](C(=O)NCCc1c[nH]c3ccccc13)C2. The number of hydrogen-bond donors (Lipinski definition) is 2. The summed E-state index contributed by atoms with van der Waals surface area (Å²) in [6.45, 7) is 6.68. The fourth-order valence-corrected chi connectivity index (χ4v) is 4.18. The summed E-state index contributed by atoms with van der Waals surface area (Å²) in [6, 6.07) is 8.27. The fourth-order valence-electron chi connectivity index (χ4n) is 4.18. The van der Waals surface area contributed by atoms with Crippen LogP contribution in [0.3, 0.4) is 0 Å². The van der Waals surface area contributed by atoms with Crippen molar-refractivity contribution in [3.05, 3.63) is 53.5 Å². The molecule has 2 aromatic heterocycles. The Bertz CT molecular complexity index is 992. The molecule has 0 bridgehead atoms. The van der Waals surface area contributed by atoms with Crippen molar-refractivity contribution in [3.63, 3.8) is 0 Å². The van der Waals surface area contributed by atoms with Gasteiger partial charge in [0.25, 0.3) is 0 Å². The third kappa shape index (κ3) is 4.11. The molecule has 1 aliphatic carbocycles. The van der Waals surface area contributed by atoms with Crippen LogP contribution in [0, 0.1) is 5.92 Å². The smallest absolute Gasteiger partial charge is 0.225 e. The summed E-state index contributed by atoms with van der Waals surface area (Å²) in [5.41, 5.74) is 4.60. The predicted octanol–water partition coefficient (Wildman–Crippen LogP) is 3.27. The first-order valence-corrected chi connectivity index (χ1v) is 10.6. The van der Waals surface area contributed by atoms with Crippen LogP contribution < -0.4 is 10.2 Å². The molecule has 0 aliphatic heterocycles. The van der Waals surface area contributed by atoms with Crippen molar-refractivity contribution in [3.8, 4) is 0 Å². The van der Waals surface area contributed by atoms with Gasteiger partial charge in [-0.3, -0.25) is 4.79 Å². The lowest BCUT2D eigenvalue weighted by Crippen LogP contribution is -2.35. The molecule has 0 spiro atoms. The van der Waals surface area contributed by atoms with Gasteiger partial charge in [0.15, 0.2) is 0 Å². The van der Waals surface area contributed by atoms with Gasteiger partial charge >= 0.3 is 0 Å². The minimum Gasteiger partial charge on any atom is -0.361 e. The van der Waals surface area contributed by atoms with Crippen molar-refractivity contribution in [1.82, 2.24) is 20.3 Å². The maximum Gasteiger partial charge on any atom is 0.225 e. The Kier molecular flexibility index (Phi) is 5.79. The summed E-state index contributed by atoms with van der Waals surface area (Å²) in [7, 11) is 0. The number of rotatable bonds is 7. The summed E-state index contributed by atoms with van der Waals surface area (Å²) >= 11 is 0.